The van der Waals surface area contributed by atoms with Gasteiger partial charge in [0, 0.05) is 6.04 Å². The summed E-state index contributed by atoms with van der Waals surface area (Å²) >= 11 is 0. The van der Waals surface area contributed by atoms with Crippen molar-refractivity contribution in [2.24, 2.45) is 11.8 Å². The predicted molar refractivity (Wildman–Crippen MR) is 73.8 cm³/mol. The van der Waals surface area contributed by atoms with Gasteiger partial charge >= 0.3 is 5.97 Å². The number of carbonyl (C=O) groups excluding carboxylic acids is 1. The number of anilines is 1. The summed E-state index contributed by atoms with van der Waals surface area (Å²) in [5.74, 6) is 1.43. The number of aromatic nitrogens is 2. The molecule has 5 nitrogen and oxygen atoms in total. The molecular formula is C14H23N3O2. The molecule has 19 heavy (non-hydrogen) atoms. The molecular weight excluding hydrogens is 242 g/mol. The summed E-state index contributed by atoms with van der Waals surface area (Å²) < 4.78 is 6.89. The van der Waals surface area contributed by atoms with Crippen LogP contribution in [0.25, 0.3) is 0 Å². The quantitative estimate of drug-likeness (QED) is 0.853. The largest absolute Gasteiger partial charge is 0.461 e. The van der Waals surface area contributed by atoms with Crippen molar-refractivity contribution in [3.05, 3.63) is 12.0 Å². The van der Waals surface area contributed by atoms with Crippen LogP contribution >= 0.6 is 0 Å². The van der Waals surface area contributed by atoms with Crippen LogP contribution < -0.4 is 5.73 Å². The number of imidazole rings is 1. The summed E-state index contributed by atoms with van der Waals surface area (Å²) in [6.07, 6.45) is 5.05. The molecule has 1 saturated carbocycles. The van der Waals surface area contributed by atoms with Crippen LogP contribution in [-0.4, -0.2) is 22.1 Å². The molecule has 1 fully saturated rings. The van der Waals surface area contributed by atoms with Gasteiger partial charge in [0.1, 0.15) is 5.82 Å². The van der Waals surface area contributed by atoms with Gasteiger partial charge in [-0.2, -0.15) is 0 Å². The average Bonchev–Trinajstić information content (AvgIpc) is 2.75. The molecule has 0 aliphatic heterocycles. The van der Waals surface area contributed by atoms with Crippen molar-refractivity contribution in [2.45, 2.75) is 46.1 Å². The second-order valence-electron chi connectivity index (χ2n) is 5.53. The molecule has 1 aliphatic rings. The van der Waals surface area contributed by atoms with E-state index in [2.05, 4.69) is 18.8 Å². The number of hydrogen-bond donors (Lipinski definition) is 1. The van der Waals surface area contributed by atoms with Gasteiger partial charge in [0.2, 0.25) is 0 Å². The third-order valence-electron chi connectivity index (χ3n) is 4.26. The molecule has 3 atom stereocenters. The number of carbonyl (C=O) groups is 1. The van der Waals surface area contributed by atoms with Gasteiger partial charge in [-0.1, -0.05) is 13.8 Å². The molecule has 1 heterocycles. The molecule has 2 N–H and O–H groups in total. The highest BCUT2D eigenvalue weighted by atomic mass is 16.5. The third-order valence-corrected chi connectivity index (χ3v) is 4.26. The maximum absolute atomic E-state index is 11.7. The summed E-state index contributed by atoms with van der Waals surface area (Å²) in [6, 6.07) is 0.349. The molecule has 3 unspecified atom stereocenters. The second kappa shape index (κ2) is 5.63. The van der Waals surface area contributed by atoms with Crippen LogP contribution in [0.2, 0.25) is 0 Å². The minimum Gasteiger partial charge on any atom is -0.461 e. The summed E-state index contributed by atoms with van der Waals surface area (Å²) in [7, 11) is 0. The number of nitrogens with two attached hydrogens (primary N) is 1. The van der Waals surface area contributed by atoms with Crippen LogP contribution in [0.15, 0.2) is 6.33 Å². The Labute approximate surface area is 114 Å². The van der Waals surface area contributed by atoms with Gasteiger partial charge in [-0.25, -0.2) is 9.78 Å². The Morgan fingerprint density at radius 3 is 2.84 bits per heavy atom. The van der Waals surface area contributed by atoms with Crippen molar-refractivity contribution in [2.75, 3.05) is 12.3 Å². The van der Waals surface area contributed by atoms with Crippen molar-refractivity contribution in [1.82, 2.24) is 9.55 Å². The van der Waals surface area contributed by atoms with Gasteiger partial charge in [0.25, 0.3) is 0 Å². The van der Waals surface area contributed by atoms with Crippen molar-refractivity contribution in [3.8, 4) is 0 Å². The van der Waals surface area contributed by atoms with Crippen LogP contribution in [-0.2, 0) is 4.74 Å². The highest BCUT2D eigenvalue weighted by Gasteiger charge is 2.28. The predicted octanol–water partition coefficient (Wildman–Crippen LogP) is 2.64. The topological polar surface area (TPSA) is 70.1 Å². The fourth-order valence-corrected chi connectivity index (χ4v) is 2.79. The summed E-state index contributed by atoms with van der Waals surface area (Å²) in [6.45, 7) is 6.68. The number of rotatable bonds is 3. The summed E-state index contributed by atoms with van der Waals surface area (Å²) in [5.41, 5.74) is 6.29. The Bertz CT molecular complexity index is 456. The average molecular weight is 265 g/mol. The highest BCUT2D eigenvalue weighted by molar-refractivity contribution is 5.92. The Hall–Kier alpha value is -1.52. The lowest BCUT2D eigenvalue weighted by Crippen LogP contribution is -2.24. The van der Waals surface area contributed by atoms with Gasteiger partial charge in [0.15, 0.2) is 5.69 Å². The zero-order chi connectivity index (χ0) is 14.0. The number of nitrogens with zero attached hydrogens (tertiary/aromatic N) is 2. The first-order valence-corrected chi connectivity index (χ1v) is 7.04. The molecule has 2 rings (SSSR count). The van der Waals surface area contributed by atoms with E-state index in [-0.39, 0.29) is 5.69 Å². The van der Waals surface area contributed by atoms with Gasteiger partial charge in [-0.15, -0.1) is 0 Å². The Balaban J connectivity index is 2.16. The maximum atomic E-state index is 11.7. The first kappa shape index (κ1) is 13.9. The Morgan fingerprint density at radius 1 is 1.47 bits per heavy atom. The van der Waals surface area contributed by atoms with Crippen molar-refractivity contribution in [3.63, 3.8) is 0 Å². The number of hydrogen-bond acceptors (Lipinski definition) is 4. The van der Waals surface area contributed by atoms with Crippen LogP contribution in [0.3, 0.4) is 0 Å². The molecule has 0 amide bonds. The second-order valence-corrected chi connectivity index (χ2v) is 5.53. The van der Waals surface area contributed by atoms with E-state index in [1.807, 2.05) is 4.57 Å². The lowest BCUT2D eigenvalue weighted by molar-refractivity contribution is 0.0521. The van der Waals surface area contributed by atoms with Crippen molar-refractivity contribution in [1.29, 1.82) is 0 Å². The van der Waals surface area contributed by atoms with E-state index in [1.54, 1.807) is 13.3 Å². The molecule has 0 radical (unpaired) electrons. The summed E-state index contributed by atoms with van der Waals surface area (Å²) in [4.78, 5) is 15.8. The Kier molecular flexibility index (Phi) is 4.12. The Morgan fingerprint density at radius 2 is 2.21 bits per heavy atom. The third kappa shape index (κ3) is 2.74. The highest BCUT2D eigenvalue weighted by Crippen LogP contribution is 2.37. The zero-order valence-electron chi connectivity index (χ0n) is 11.9. The normalized spacial score (nSPS) is 27.2. The number of ether oxygens (including phenoxy) is 1. The van der Waals surface area contributed by atoms with Gasteiger partial charge in [-0.05, 0) is 38.0 Å². The van der Waals surface area contributed by atoms with Crippen LogP contribution in [0.5, 0.6) is 0 Å². The van der Waals surface area contributed by atoms with E-state index >= 15 is 0 Å². The molecule has 1 aliphatic carbocycles. The molecule has 106 valence electrons. The van der Waals surface area contributed by atoms with Crippen molar-refractivity contribution >= 4 is 11.8 Å². The molecule has 0 aromatic carbocycles. The minimum absolute atomic E-state index is 0.244. The molecule has 0 spiro atoms. The first-order valence-electron chi connectivity index (χ1n) is 7.04. The van der Waals surface area contributed by atoms with E-state index in [0.29, 0.717) is 24.4 Å². The van der Waals surface area contributed by atoms with E-state index in [9.17, 15) is 4.79 Å². The SMILES string of the molecule is CCOC(=O)c1ncn(C2CCC(C)C(C)C2)c1N. The van der Waals surface area contributed by atoms with Crippen LogP contribution in [0.4, 0.5) is 5.82 Å². The fraction of sp³-hybridized carbons (Fsp3) is 0.714. The standard InChI is InChI=1S/C14H23N3O2/c1-4-19-14(18)12-13(15)17(8-16-12)11-6-5-9(2)10(3)7-11/h8-11H,4-7,15H2,1-3H3. The van der Waals surface area contributed by atoms with Crippen molar-refractivity contribution < 1.29 is 9.53 Å². The maximum Gasteiger partial charge on any atom is 0.360 e. The smallest absolute Gasteiger partial charge is 0.360 e. The van der Waals surface area contributed by atoms with Crippen LogP contribution in [0, 0.1) is 11.8 Å². The van der Waals surface area contributed by atoms with E-state index in [0.717, 1.165) is 18.8 Å². The fourth-order valence-electron chi connectivity index (χ4n) is 2.79. The zero-order valence-corrected chi connectivity index (χ0v) is 11.9. The van der Waals surface area contributed by atoms with Crippen LogP contribution in [0.1, 0.15) is 56.6 Å². The molecule has 0 bridgehead atoms. The van der Waals surface area contributed by atoms with Gasteiger partial charge in [0.05, 0.1) is 12.9 Å². The first-order chi connectivity index (χ1) is 9.04. The lowest BCUT2D eigenvalue weighted by atomic mass is 9.79. The summed E-state index contributed by atoms with van der Waals surface area (Å²) in [5, 5.41) is 0. The number of esters is 1. The van der Waals surface area contributed by atoms with E-state index in [4.69, 9.17) is 10.5 Å². The van der Waals surface area contributed by atoms with E-state index in [1.165, 1.54) is 6.42 Å². The minimum atomic E-state index is -0.434. The molecule has 5 heteroatoms. The number of nitrogen functional groups attached to an aromatic ring is 1. The molecule has 1 aromatic heterocycles. The lowest BCUT2D eigenvalue weighted by Gasteiger charge is -2.33. The molecule has 1 aromatic rings. The van der Waals surface area contributed by atoms with E-state index < -0.39 is 5.97 Å². The monoisotopic (exact) mass is 265 g/mol. The molecule has 0 saturated heterocycles. The van der Waals surface area contributed by atoms with Gasteiger partial charge in [-0.3, -0.25) is 0 Å². The van der Waals surface area contributed by atoms with Gasteiger partial charge < -0.3 is 15.0 Å².